The van der Waals surface area contributed by atoms with Crippen LogP contribution in [0.4, 0.5) is 0 Å². The normalized spacial score (nSPS) is 18.3. The van der Waals surface area contributed by atoms with Crippen molar-refractivity contribution in [1.29, 1.82) is 0 Å². The van der Waals surface area contributed by atoms with Gasteiger partial charge >= 0.3 is 0 Å². The molecule has 1 atom stereocenters. The first-order valence-corrected chi connectivity index (χ1v) is 7.96. The quantitative estimate of drug-likeness (QED) is 0.640. The second-order valence-corrected chi connectivity index (χ2v) is 6.90. The van der Waals surface area contributed by atoms with E-state index in [1.165, 1.54) is 45.2 Å². The molecule has 1 rings (SSSR count). The Morgan fingerprint density at radius 1 is 1.28 bits per heavy atom. The second-order valence-electron chi connectivity index (χ2n) is 6.90. The minimum Gasteiger partial charge on any atom is -0.313 e. The minimum atomic E-state index is 0.389. The molecular formula is C16H34N2. The van der Waals surface area contributed by atoms with Crippen LogP contribution in [-0.4, -0.2) is 36.6 Å². The van der Waals surface area contributed by atoms with Gasteiger partial charge in [0.1, 0.15) is 0 Å². The largest absolute Gasteiger partial charge is 0.313 e. The molecule has 1 N–H and O–H groups in total. The Labute approximate surface area is 115 Å². The molecule has 0 heterocycles. The molecule has 1 aliphatic rings. The molecule has 0 radical (unpaired) electrons. The van der Waals surface area contributed by atoms with Crippen molar-refractivity contribution in [1.82, 2.24) is 10.2 Å². The Morgan fingerprint density at radius 3 is 2.44 bits per heavy atom. The van der Waals surface area contributed by atoms with E-state index in [0.717, 1.165) is 18.6 Å². The minimum absolute atomic E-state index is 0.389. The lowest BCUT2D eigenvalue weighted by molar-refractivity contribution is 0.129. The van der Waals surface area contributed by atoms with Gasteiger partial charge in [0.05, 0.1) is 0 Å². The number of hydrogen-bond donors (Lipinski definition) is 1. The molecule has 0 aromatic carbocycles. The highest BCUT2D eigenvalue weighted by atomic mass is 15.2. The number of rotatable bonds is 10. The van der Waals surface area contributed by atoms with Crippen molar-refractivity contribution < 1.29 is 0 Å². The SMILES string of the molecule is CCCCN(CC(C)(C)CNC1CC1)C(C)CC. The number of nitrogens with one attached hydrogen (secondary N) is 1. The van der Waals surface area contributed by atoms with Crippen LogP contribution in [0.15, 0.2) is 0 Å². The second kappa shape index (κ2) is 7.49. The van der Waals surface area contributed by atoms with Crippen LogP contribution >= 0.6 is 0 Å². The Balaban J connectivity index is 2.39. The summed E-state index contributed by atoms with van der Waals surface area (Å²) >= 11 is 0. The molecule has 18 heavy (non-hydrogen) atoms. The smallest absolute Gasteiger partial charge is 0.00684 e. The Kier molecular flexibility index (Phi) is 6.65. The van der Waals surface area contributed by atoms with Gasteiger partial charge in [0.2, 0.25) is 0 Å². The molecule has 2 nitrogen and oxygen atoms in total. The van der Waals surface area contributed by atoms with Crippen LogP contribution in [0.1, 0.15) is 66.7 Å². The molecule has 0 bridgehead atoms. The van der Waals surface area contributed by atoms with E-state index >= 15 is 0 Å². The lowest BCUT2D eigenvalue weighted by atomic mass is 9.91. The maximum atomic E-state index is 3.69. The zero-order chi connectivity index (χ0) is 13.6. The van der Waals surface area contributed by atoms with Crippen LogP contribution in [0, 0.1) is 5.41 Å². The van der Waals surface area contributed by atoms with Crippen molar-refractivity contribution in [2.24, 2.45) is 5.41 Å². The van der Waals surface area contributed by atoms with Crippen LogP contribution < -0.4 is 5.32 Å². The first-order chi connectivity index (χ1) is 8.48. The van der Waals surface area contributed by atoms with Crippen molar-refractivity contribution in [3.63, 3.8) is 0 Å². The number of hydrogen-bond acceptors (Lipinski definition) is 2. The summed E-state index contributed by atoms with van der Waals surface area (Å²) < 4.78 is 0. The summed E-state index contributed by atoms with van der Waals surface area (Å²) in [6.45, 7) is 15.4. The summed E-state index contributed by atoms with van der Waals surface area (Å²) in [6.07, 6.45) is 6.67. The molecule has 0 spiro atoms. The summed E-state index contributed by atoms with van der Waals surface area (Å²) in [7, 11) is 0. The zero-order valence-electron chi connectivity index (χ0n) is 13.3. The van der Waals surface area contributed by atoms with Crippen molar-refractivity contribution in [2.45, 2.75) is 78.8 Å². The van der Waals surface area contributed by atoms with Gasteiger partial charge < -0.3 is 10.2 Å². The van der Waals surface area contributed by atoms with Gasteiger partial charge in [0, 0.05) is 25.2 Å². The number of nitrogens with zero attached hydrogens (tertiary/aromatic N) is 1. The van der Waals surface area contributed by atoms with Crippen molar-refractivity contribution >= 4 is 0 Å². The molecule has 0 aromatic rings. The highest BCUT2D eigenvalue weighted by Gasteiger charge is 2.27. The molecular weight excluding hydrogens is 220 g/mol. The molecule has 0 saturated heterocycles. The molecule has 2 heteroatoms. The monoisotopic (exact) mass is 254 g/mol. The summed E-state index contributed by atoms with van der Waals surface area (Å²) in [5, 5.41) is 3.69. The van der Waals surface area contributed by atoms with Gasteiger partial charge in [-0.3, -0.25) is 0 Å². The van der Waals surface area contributed by atoms with Gasteiger partial charge in [-0.25, -0.2) is 0 Å². The highest BCUT2D eigenvalue weighted by Crippen LogP contribution is 2.23. The van der Waals surface area contributed by atoms with Crippen molar-refractivity contribution in [3.05, 3.63) is 0 Å². The number of unbranched alkanes of at least 4 members (excludes halogenated alkanes) is 1. The van der Waals surface area contributed by atoms with Crippen LogP contribution in [0.2, 0.25) is 0 Å². The average Bonchev–Trinajstić information content (AvgIpc) is 3.15. The molecule has 1 aliphatic carbocycles. The predicted octanol–water partition coefficient (Wildman–Crippen LogP) is 3.67. The van der Waals surface area contributed by atoms with Crippen molar-refractivity contribution in [3.8, 4) is 0 Å². The fourth-order valence-corrected chi connectivity index (χ4v) is 2.39. The Hall–Kier alpha value is -0.0800. The lowest BCUT2D eigenvalue weighted by Crippen LogP contribution is -2.44. The first-order valence-electron chi connectivity index (χ1n) is 7.96. The Morgan fingerprint density at radius 2 is 1.94 bits per heavy atom. The van der Waals surface area contributed by atoms with Crippen LogP contribution in [0.3, 0.4) is 0 Å². The zero-order valence-corrected chi connectivity index (χ0v) is 13.3. The van der Waals surface area contributed by atoms with Gasteiger partial charge in [-0.2, -0.15) is 0 Å². The summed E-state index contributed by atoms with van der Waals surface area (Å²) in [5.74, 6) is 0. The van der Waals surface area contributed by atoms with E-state index in [1.807, 2.05) is 0 Å². The summed E-state index contributed by atoms with van der Waals surface area (Å²) in [5.41, 5.74) is 0.389. The molecule has 0 aromatic heterocycles. The average molecular weight is 254 g/mol. The topological polar surface area (TPSA) is 15.3 Å². The van der Waals surface area contributed by atoms with Gasteiger partial charge in [0.25, 0.3) is 0 Å². The van der Waals surface area contributed by atoms with E-state index < -0.39 is 0 Å². The van der Waals surface area contributed by atoms with E-state index in [0.29, 0.717) is 5.41 Å². The molecule has 108 valence electrons. The van der Waals surface area contributed by atoms with E-state index in [4.69, 9.17) is 0 Å². The van der Waals surface area contributed by atoms with Gasteiger partial charge in [-0.05, 0) is 44.6 Å². The molecule has 1 saturated carbocycles. The maximum Gasteiger partial charge on any atom is 0.00684 e. The third-order valence-corrected chi connectivity index (χ3v) is 4.09. The summed E-state index contributed by atoms with van der Waals surface area (Å²) in [4.78, 5) is 2.69. The molecule has 0 aliphatic heterocycles. The highest BCUT2D eigenvalue weighted by molar-refractivity contribution is 4.86. The maximum absolute atomic E-state index is 3.69. The van der Waals surface area contributed by atoms with Gasteiger partial charge in [-0.1, -0.05) is 34.1 Å². The van der Waals surface area contributed by atoms with Crippen LogP contribution in [0.5, 0.6) is 0 Å². The molecule has 1 unspecified atom stereocenters. The lowest BCUT2D eigenvalue weighted by Gasteiger charge is -2.36. The van der Waals surface area contributed by atoms with Gasteiger partial charge in [0.15, 0.2) is 0 Å². The summed E-state index contributed by atoms with van der Waals surface area (Å²) in [6, 6.07) is 1.55. The van der Waals surface area contributed by atoms with Crippen LogP contribution in [0.25, 0.3) is 0 Å². The molecule has 1 fully saturated rings. The van der Waals surface area contributed by atoms with Gasteiger partial charge in [-0.15, -0.1) is 0 Å². The Bertz CT molecular complexity index is 221. The van der Waals surface area contributed by atoms with Crippen LogP contribution in [-0.2, 0) is 0 Å². The first kappa shape index (κ1) is 16.0. The third-order valence-electron chi connectivity index (χ3n) is 4.09. The van der Waals surface area contributed by atoms with E-state index in [2.05, 4.69) is 44.8 Å². The molecule has 0 amide bonds. The van der Waals surface area contributed by atoms with E-state index in [-0.39, 0.29) is 0 Å². The third kappa shape index (κ3) is 6.19. The predicted molar refractivity (Wildman–Crippen MR) is 81.0 cm³/mol. The fourth-order valence-electron chi connectivity index (χ4n) is 2.39. The fraction of sp³-hybridized carbons (Fsp3) is 1.00. The van der Waals surface area contributed by atoms with E-state index in [9.17, 15) is 0 Å². The van der Waals surface area contributed by atoms with E-state index in [1.54, 1.807) is 0 Å². The van der Waals surface area contributed by atoms with Crippen molar-refractivity contribution in [2.75, 3.05) is 19.6 Å². The standard InChI is InChI=1S/C16H34N2/c1-6-8-11-18(14(3)7-2)13-16(4,5)12-17-15-9-10-15/h14-15,17H,6-13H2,1-5H3.